The number of rotatable bonds is 7. The van der Waals surface area contributed by atoms with Crippen LogP contribution >= 0.6 is 0 Å². The lowest BCUT2D eigenvalue weighted by molar-refractivity contribution is -0.122. The van der Waals surface area contributed by atoms with E-state index < -0.39 is 15.3 Å². The van der Waals surface area contributed by atoms with E-state index in [-0.39, 0.29) is 23.0 Å². The third-order valence-corrected chi connectivity index (χ3v) is 8.30. The molecule has 1 amide bonds. The molecule has 0 saturated heterocycles. The molecule has 0 unspecified atom stereocenters. The summed E-state index contributed by atoms with van der Waals surface area (Å²) < 4.78 is 26.5. The Hall–Kier alpha value is -3.70. The van der Waals surface area contributed by atoms with Gasteiger partial charge >= 0.3 is 0 Å². The lowest BCUT2D eigenvalue weighted by Gasteiger charge is -2.30. The van der Waals surface area contributed by atoms with Gasteiger partial charge in [0.25, 0.3) is 0 Å². The van der Waals surface area contributed by atoms with Gasteiger partial charge in [0.2, 0.25) is 5.91 Å². The summed E-state index contributed by atoms with van der Waals surface area (Å²) in [5, 5.41) is 0. The number of benzene rings is 4. The molecule has 1 aliphatic heterocycles. The summed E-state index contributed by atoms with van der Waals surface area (Å²) in [6.45, 7) is 0.427. The Balaban J connectivity index is 1.61. The van der Waals surface area contributed by atoms with E-state index in [4.69, 9.17) is 0 Å². The standard InChI is InChI=1S/C29H25NO3S/c31-28-29(24-14-6-2-7-15-24,20-21-34(32,33)25-16-8-3-9-17-25)26-18-10-11-19-27(26)30(28)22-23-12-4-1-5-13-23/h1-19H,20-22H2/t29-/m1/s1. The van der Waals surface area contributed by atoms with Crippen LogP contribution in [0.1, 0.15) is 23.1 Å². The second kappa shape index (κ2) is 8.92. The van der Waals surface area contributed by atoms with Crippen molar-refractivity contribution in [2.45, 2.75) is 23.3 Å². The molecule has 1 aliphatic rings. The summed E-state index contributed by atoms with van der Waals surface area (Å²) in [6, 6.07) is 35.6. The van der Waals surface area contributed by atoms with Crippen molar-refractivity contribution >= 4 is 21.4 Å². The fourth-order valence-electron chi connectivity index (χ4n) is 4.87. The zero-order valence-corrected chi connectivity index (χ0v) is 19.5. The van der Waals surface area contributed by atoms with Crippen molar-refractivity contribution in [2.24, 2.45) is 0 Å². The van der Waals surface area contributed by atoms with Crippen molar-refractivity contribution in [3.8, 4) is 0 Å². The molecule has 0 aromatic heterocycles. The lowest BCUT2D eigenvalue weighted by atomic mass is 9.73. The number of carbonyl (C=O) groups is 1. The van der Waals surface area contributed by atoms with E-state index >= 15 is 0 Å². The SMILES string of the molecule is O=C1N(Cc2ccccc2)c2ccccc2[C@@]1(CCS(=O)(=O)c1ccccc1)c1ccccc1. The van der Waals surface area contributed by atoms with Crippen molar-refractivity contribution in [1.29, 1.82) is 0 Å². The molecule has 0 radical (unpaired) electrons. The summed E-state index contributed by atoms with van der Waals surface area (Å²) in [6.07, 6.45) is 0.162. The van der Waals surface area contributed by atoms with E-state index in [9.17, 15) is 13.2 Å². The van der Waals surface area contributed by atoms with Gasteiger partial charge in [0.15, 0.2) is 9.84 Å². The highest BCUT2D eigenvalue weighted by Crippen LogP contribution is 2.49. The van der Waals surface area contributed by atoms with Crippen LogP contribution in [0.4, 0.5) is 5.69 Å². The Morgan fingerprint density at radius 1 is 0.676 bits per heavy atom. The molecule has 0 bridgehead atoms. The molecule has 4 nitrogen and oxygen atoms in total. The van der Waals surface area contributed by atoms with E-state index in [2.05, 4.69) is 0 Å². The number of sulfone groups is 1. The molecule has 0 spiro atoms. The minimum atomic E-state index is -3.57. The molecule has 0 N–H and O–H groups in total. The topological polar surface area (TPSA) is 54.5 Å². The normalized spacial score (nSPS) is 17.5. The van der Waals surface area contributed by atoms with Crippen molar-refractivity contribution in [1.82, 2.24) is 0 Å². The number of fused-ring (bicyclic) bond motifs is 1. The fourth-order valence-corrected chi connectivity index (χ4v) is 6.25. The molecule has 170 valence electrons. The second-order valence-electron chi connectivity index (χ2n) is 8.55. The third kappa shape index (κ3) is 3.82. The van der Waals surface area contributed by atoms with Crippen LogP contribution in [-0.2, 0) is 26.6 Å². The van der Waals surface area contributed by atoms with Crippen LogP contribution < -0.4 is 4.90 Å². The molecule has 5 heteroatoms. The zero-order valence-electron chi connectivity index (χ0n) is 18.7. The molecule has 4 aromatic carbocycles. The quantitative estimate of drug-likeness (QED) is 0.367. The van der Waals surface area contributed by atoms with Gasteiger partial charge < -0.3 is 4.90 Å². The highest BCUT2D eigenvalue weighted by atomic mass is 32.2. The van der Waals surface area contributed by atoms with Crippen LogP contribution in [0.15, 0.2) is 120 Å². The minimum Gasteiger partial charge on any atom is -0.307 e. The highest BCUT2D eigenvalue weighted by Gasteiger charge is 2.52. The number of amides is 1. The van der Waals surface area contributed by atoms with E-state index in [1.165, 1.54) is 0 Å². The number of carbonyl (C=O) groups excluding carboxylic acids is 1. The van der Waals surface area contributed by atoms with Gasteiger partial charge in [-0.1, -0.05) is 97.1 Å². The maximum Gasteiger partial charge on any atom is 0.242 e. The molecule has 1 heterocycles. The molecule has 0 fully saturated rings. The first kappa shape index (κ1) is 22.1. The van der Waals surface area contributed by atoms with Gasteiger partial charge in [0, 0.05) is 5.69 Å². The predicted molar refractivity (Wildman–Crippen MR) is 134 cm³/mol. The first-order valence-corrected chi connectivity index (χ1v) is 13.0. The Kier molecular flexibility index (Phi) is 5.80. The molecule has 34 heavy (non-hydrogen) atoms. The number of para-hydroxylation sites is 1. The van der Waals surface area contributed by atoms with E-state index in [0.29, 0.717) is 6.54 Å². The van der Waals surface area contributed by atoms with Crippen LogP contribution in [-0.4, -0.2) is 20.1 Å². The van der Waals surface area contributed by atoms with Crippen LogP contribution in [0.3, 0.4) is 0 Å². The molecule has 4 aromatic rings. The van der Waals surface area contributed by atoms with Crippen molar-refractivity contribution in [2.75, 3.05) is 10.7 Å². The Morgan fingerprint density at radius 3 is 1.91 bits per heavy atom. The summed E-state index contributed by atoms with van der Waals surface area (Å²) in [7, 11) is -3.57. The summed E-state index contributed by atoms with van der Waals surface area (Å²) in [4.78, 5) is 16.3. The zero-order chi connectivity index (χ0) is 23.6. The maximum atomic E-state index is 14.3. The molecular formula is C29H25NO3S. The smallest absolute Gasteiger partial charge is 0.242 e. The summed E-state index contributed by atoms with van der Waals surface area (Å²) in [5.74, 6) is -0.224. The van der Waals surface area contributed by atoms with Gasteiger partial charge in [-0.25, -0.2) is 8.42 Å². The second-order valence-corrected chi connectivity index (χ2v) is 10.7. The van der Waals surface area contributed by atoms with Crippen LogP contribution in [0.5, 0.6) is 0 Å². The molecule has 1 atom stereocenters. The number of hydrogen-bond acceptors (Lipinski definition) is 3. The van der Waals surface area contributed by atoms with Gasteiger partial charge in [-0.15, -0.1) is 0 Å². The van der Waals surface area contributed by atoms with Crippen molar-refractivity contribution in [3.63, 3.8) is 0 Å². The Labute approximate surface area is 200 Å². The largest absolute Gasteiger partial charge is 0.307 e. The summed E-state index contributed by atoms with van der Waals surface area (Å²) >= 11 is 0. The van der Waals surface area contributed by atoms with E-state index in [1.807, 2.05) is 84.9 Å². The Morgan fingerprint density at radius 2 is 1.24 bits per heavy atom. The van der Waals surface area contributed by atoms with Crippen LogP contribution in [0.2, 0.25) is 0 Å². The van der Waals surface area contributed by atoms with Crippen molar-refractivity contribution in [3.05, 3.63) is 132 Å². The predicted octanol–water partition coefficient (Wildman–Crippen LogP) is 5.38. The van der Waals surface area contributed by atoms with Gasteiger partial charge in [-0.05, 0) is 41.3 Å². The van der Waals surface area contributed by atoms with Gasteiger partial charge in [0.1, 0.15) is 5.41 Å². The Bertz CT molecular complexity index is 1400. The fraction of sp³-hybridized carbons (Fsp3) is 0.138. The molecule has 0 saturated carbocycles. The van der Waals surface area contributed by atoms with E-state index in [0.717, 1.165) is 22.4 Å². The molecular weight excluding hydrogens is 442 g/mol. The minimum absolute atomic E-state index is 0.0907. The highest BCUT2D eigenvalue weighted by molar-refractivity contribution is 7.91. The summed E-state index contributed by atoms with van der Waals surface area (Å²) in [5.41, 5.74) is 2.44. The van der Waals surface area contributed by atoms with Gasteiger partial charge in [0.05, 0.1) is 17.2 Å². The lowest BCUT2D eigenvalue weighted by Crippen LogP contribution is -2.42. The number of hydrogen-bond donors (Lipinski definition) is 0. The molecule has 5 rings (SSSR count). The van der Waals surface area contributed by atoms with E-state index in [1.54, 1.807) is 35.2 Å². The van der Waals surface area contributed by atoms with Crippen LogP contribution in [0, 0.1) is 0 Å². The number of nitrogens with zero attached hydrogens (tertiary/aromatic N) is 1. The third-order valence-electron chi connectivity index (χ3n) is 6.56. The first-order valence-electron chi connectivity index (χ1n) is 11.3. The van der Waals surface area contributed by atoms with Crippen molar-refractivity contribution < 1.29 is 13.2 Å². The van der Waals surface area contributed by atoms with Crippen LogP contribution in [0.25, 0.3) is 0 Å². The average Bonchev–Trinajstić information content (AvgIpc) is 3.13. The number of anilines is 1. The molecule has 0 aliphatic carbocycles. The first-order chi connectivity index (χ1) is 16.5. The monoisotopic (exact) mass is 467 g/mol. The van der Waals surface area contributed by atoms with Gasteiger partial charge in [-0.3, -0.25) is 4.79 Å². The van der Waals surface area contributed by atoms with Gasteiger partial charge in [-0.2, -0.15) is 0 Å². The maximum absolute atomic E-state index is 14.3. The average molecular weight is 468 g/mol.